The molecule has 0 heterocycles. The van der Waals surface area contributed by atoms with Crippen molar-refractivity contribution in [2.24, 2.45) is 0 Å². The molecule has 0 aliphatic heterocycles. The lowest BCUT2D eigenvalue weighted by molar-refractivity contribution is 0.390. The lowest BCUT2D eigenvalue weighted by Crippen LogP contribution is -1.96. The van der Waals surface area contributed by atoms with Crippen LogP contribution in [0.3, 0.4) is 0 Å². The Morgan fingerprint density at radius 1 is 1.27 bits per heavy atom. The van der Waals surface area contributed by atoms with Crippen LogP contribution in [0.1, 0.15) is 24.5 Å². The summed E-state index contributed by atoms with van der Waals surface area (Å²) >= 11 is 0. The van der Waals surface area contributed by atoms with E-state index in [1.807, 2.05) is 18.2 Å². The SMILES string of the molecule is C=Cc1cc(OC)cc(OC)c1CCC. The van der Waals surface area contributed by atoms with Crippen LogP contribution in [-0.2, 0) is 6.42 Å². The highest BCUT2D eigenvalue weighted by molar-refractivity contribution is 5.60. The monoisotopic (exact) mass is 206 g/mol. The molecule has 0 bridgehead atoms. The smallest absolute Gasteiger partial charge is 0.126 e. The molecule has 0 saturated heterocycles. The minimum absolute atomic E-state index is 0.807. The zero-order valence-electron chi connectivity index (χ0n) is 9.67. The molecule has 2 nitrogen and oxygen atoms in total. The van der Waals surface area contributed by atoms with E-state index in [4.69, 9.17) is 9.47 Å². The normalized spacial score (nSPS) is 9.80. The molecule has 1 aromatic carbocycles. The highest BCUT2D eigenvalue weighted by Crippen LogP contribution is 2.30. The second-order valence-electron chi connectivity index (χ2n) is 3.35. The van der Waals surface area contributed by atoms with Crippen LogP contribution in [0.15, 0.2) is 18.7 Å². The first-order valence-corrected chi connectivity index (χ1v) is 5.14. The third-order valence-corrected chi connectivity index (χ3v) is 2.39. The van der Waals surface area contributed by atoms with E-state index in [1.165, 1.54) is 5.56 Å². The minimum Gasteiger partial charge on any atom is -0.497 e. The van der Waals surface area contributed by atoms with Crippen molar-refractivity contribution < 1.29 is 9.47 Å². The van der Waals surface area contributed by atoms with Gasteiger partial charge in [0.2, 0.25) is 0 Å². The van der Waals surface area contributed by atoms with Gasteiger partial charge in [-0.3, -0.25) is 0 Å². The molecule has 82 valence electrons. The number of ether oxygens (including phenoxy) is 2. The van der Waals surface area contributed by atoms with Crippen molar-refractivity contribution in [1.29, 1.82) is 0 Å². The maximum atomic E-state index is 5.36. The van der Waals surface area contributed by atoms with Gasteiger partial charge in [0.15, 0.2) is 0 Å². The van der Waals surface area contributed by atoms with Gasteiger partial charge in [0.25, 0.3) is 0 Å². The van der Waals surface area contributed by atoms with Gasteiger partial charge in [-0.2, -0.15) is 0 Å². The van der Waals surface area contributed by atoms with Gasteiger partial charge in [0, 0.05) is 11.6 Å². The molecular weight excluding hydrogens is 188 g/mol. The topological polar surface area (TPSA) is 18.5 Å². The van der Waals surface area contributed by atoms with Crippen molar-refractivity contribution in [1.82, 2.24) is 0 Å². The van der Waals surface area contributed by atoms with E-state index < -0.39 is 0 Å². The van der Waals surface area contributed by atoms with Crippen LogP contribution in [0.5, 0.6) is 11.5 Å². The molecule has 0 fully saturated rings. The number of benzene rings is 1. The molecule has 1 aromatic rings. The predicted octanol–water partition coefficient (Wildman–Crippen LogP) is 3.30. The number of methoxy groups -OCH3 is 2. The maximum Gasteiger partial charge on any atom is 0.126 e. The van der Waals surface area contributed by atoms with Gasteiger partial charge in [0.05, 0.1) is 14.2 Å². The Kier molecular flexibility index (Phi) is 4.22. The first-order valence-electron chi connectivity index (χ1n) is 5.14. The maximum absolute atomic E-state index is 5.36. The largest absolute Gasteiger partial charge is 0.497 e. The number of rotatable bonds is 5. The summed E-state index contributed by atoms with van der Waals surface area (Å²) in [6.45, 7) is 5.96. The summed E-state index contributed by atoms with van der Waals surface area (Å²) in [4.78, 5) is 0. The summed E-state index contributed by atoms with van der Waals surface area (Å²) in [6, 6.07) is 3.90. The van der Waals surface area contributed by atoms with E-state index >= 15 is 0 Å². The molecular formula is C13H18O2. The van der Waals surface area contributed by atoms with Gasteiger partial charge in [0.1, 0.15) is 11.5 Å². The van der Waals surface area contributed by atoms with Crippen molar-refractivity contribution in [3.05, 3.63) is 29.8 Å². The van der Waals surface area contributed by atoms with Crippen molar-refractivity contribution in [3.63, 3.8) is 0 Å². The molecule has 0 atom stereocenters. The Morgan fingerprint density at radius 2 is 2.00 bits per heavy atom. The van der Waals surface area contributed by atoms with Crippen LogP contribution in [0, 0.1) is 0 Å². The average molecular weight is 206 g/mol. The summed E-state index contributed by atoms with van der Waals surface area (Å²) in [5, 5.41) is 0. The van der Waals surface area contributed by atoms with Crippen LogP contribution in [0.4, 0.5) is 0 Å². The van der Waals surface area contributed by atoms with Crippen LogP contribution < -0.4 is 9.47 Å². The Bertz CT molecular complexity index is 343. The summed E-state index contributed by atoms with van der Waals surface area (Å²) in [6.07, 6.45) is 3.92. The fourth-order valence-electron chi connectivity index (χ4n) is 1.64. The third kappa shape index (κ3) is 2.52. The summed E-state index contributed by atoms with van der Waals surface area (Å²) < 4.78 is 10.6. The summed E-state index contributed by atoms with van der Waals surface area (Å²) in [5.41, 5.74) is 2.30. The van der Waals surface area contributed by atoms with E-state index in [1.54, 1.807) is 14.2 Å². The quantitative estimate of drug-likeness (QED) is 0.736. The van der Waals surface area contributed by atoms with Gasteiger partial charge in [-0.25, -0.2) is 0 Å². The fraction of sp³-hybridized carbons (Fsp3) is 0.385. The standard InChI is InChI=1S/C13H18O2/c1-5-7-12-10(6-2)8-11(14-3)9-13(12)15-4/h6,8-9H,2,5,7H2,1,3-4H3. The van der Waals surface area contributed by atoms with E-state index in [-0.39, 0.29) is 0 Å². The fourth-order valence-corrected chi connectivity index (χ4v) is 1.64. The molecule has 0 aromatic heterocycles. The van der Waals surface area contributed by atoms with Crippen LogP contribution >= 0.6 is 0 Å². The highest BCUT2D eigenvalue weighted by atomic mass is 16.5. The summed E-state index contributed by atoms with van der Waals surface area (Å²) in [7, 11) is 3.34. The van der Waals surface area contributed by atoms with Gasteiger partial charge in [-0.15, -0.1) is 0 Å². The molecule has 1 rings (SSSR count). The molecule has 0 unspecified atom stereocenters. The van der Waals surface area contributed by atoms with Crippen LogP contribution in [0.2, 0.25) is 0 Å². The Labute approximate surface area is 91.5 Å². The third-order valence-electron chi connectivity index (χ3n) is 2.39. The van der Waals surface area contributed by atoms with Crippen molar-refractivity contribution >= 4 is 6.08 Å². The molecule has 2 heteroatoms. The lowest BCUT2D eigenvalue weighted by Gasteiger charge is -2.13. The van der Waals surface area contributed by atoms with Gasteiger partial charge in [-0.05, 0) is 18.1 Å². The highest BCUT2D eigenvalue weighted by Gasteiger charge is 2.09. The van der Waals surface area contributed by atoms with E-state index in [0.29, 0.717) is 0 Å². The minimum atomic E-state index is 0.807. The first-order chi connectivity index (χ1) is 7.26. The second-order valence-corrected chi connectivity index (χ2v) is 3.35. The molecule has 0 N–H and O–H groups in total. The van der Waals surface area contributed by atoms with Crippen molar-refractivity contribution in [3.8, 4) is 11.5 Å². The average Bonchev–Trinajstić information content (AvgIpc) is 2.29. The molecule has 0 radical (unpaired) electrons. The van der Waals surface area contributed by atoms with E-state index in [2.05, 4.69) is 13.5 Å². The number of hydrogen-bond donors (Lipinski definition) is 0. The molecule has 0 amide bonds. The van der Waals surface area contributed by atoms with E-state index in [9.17, 15) is 0 Å². The lowest BCUT2D eigenvalue weighted by atomic mass is 10.0. The molecule has 0 aliphatic rings. The molecule has 0 aliphatic carbocycles. The molecule has 15 heavy (non-hydrogen) atoms. The van der Waals surface area contributed by atoms with Gasteiger partial charge < -0.3 is 9.47 Å². The van der Waals surface area contributed by atoms with Gasteiger partial charge >= 0.3 is 0 Å². The van der Waals surface area contributed by atoms with Crippen LogP contribution in [-0.4, -0.2) is 14.2 Å². The Balaban J connectivity index is 3.25. The summed E-state index contributed by atoms with van der Waals surface area (Å²) in [5.74, 6) is 1.69. The first kappa shape index (κ1) is 11.6. The predicted molar refractivity (Wildman–Crippen MR) is 63.6 cm³/mol. The number of hydrogen-bond acceptors (Lipinski definition) is 2. The zero-order chi connectivity index (χ0) is 11.3. The Hall–Kier alpha value is -1.44. The molecule has 0 saturated carbocycles. The van der Waals surface area contributed by atoms with E-state index in [0.717, 1.165) is 29.9 Å². The molecule has 0 spiro atoms. The zero-order valence-corrected chi connectivity index (χ0v) is 9.67. The Morgan fingerprint density at radius 3 is 2.47 bits per heavy atom. The van der Waals surface area contributed by atoms with Crippen LogP contribution in [0.25, 0.3) is 6.08 Å². The van der Waals surface area contributed by atoms with Crippen molar-refractivity contribution in [2.75, 3.05) is 14.2 Å². The second kappa shape index (κ2) is 5.44. The van der Waals surface area contributed by atoms with Gasteiger partial charge in [-0.1, -0.05) is 26.0 Å². The van der Waals surface area contributed by atoms with Crippen molar-refractivity contribution in [2.45, 2.75) is 19.8 Å².